The smallest absolute Gasteiger partial charge is 0.297 e. The SMILES string of the molecule is Cc1[nH]ncc1S(=O)(=O)Nc1c(O)cccc1[N+](=O)[O-]. The Labute approximate surface area is 113 Å². The molecule has 0 spiro atoms. The van der Waals surface area contributed by atoms with Gasteiger partial charge >= 0.3 is 0 Å². The molecule has 1 aromatic carbocycles. The molecule has 0 saturated heterocycles. The summed E-state index contributed by atoms with van der Waals surface area (Å²) in [6.07, 6.45) is 1.07. The quantitative estimate of drug-likeness (QED) is 0.439. The van der Waals surface area contributed by atoms with Crippen molar-refractivity contribution in [2.75, 3.05) is 4.72 Å². The molecule has 106 valence electrons. The summed E-state index contributed by atoms with van der Waals surface area (Å²) in [6, 6.07) is 3.47. The van der Waals surface area contributed by atoms with Gasteiger partial charge in [-0.15, -0.1) is 0 Å². The van der Waals surface area contributed by atoms with E-state index in [1.165, 1.54) is 13.0 Å². The van der Waals surface area contributed by atoms with E-state index in [-0.39, 0.29) is 10.6 Å². The summed E-state index contributed by atoms with van der Waals surface area (Å²) >= 11 is 0. The second kappa shape index (κ2) is 4.81. The zero-order chi connectivity index (χ0) is 14.9. The van der Waals surface area contributed by atoms with E-state index in [0.29, 0.717) is 0 Å². The number of nitro groups is 1. The van der Waals surface area contributed by atoms with Gasteiger partial charge in [-0.25, -0.2) is 8.42 Å². The van der Waals surface area contributed by atoms with Crippen LogP contribution in [0, 0.1) is 17.0 Å². The van der Waals surface area contributed by atoms with Crippen molar-refractivity contribution in [2.24, 2.45) is 0 Å². The molecule has 2 rings (SSSR count). The minimum atomic E-state index is -4.09. The van der Waals surface area contributed by atoms with Crippen LogP contribution in [0.15, 0.2) is 29.3 Å². The van der Waals surface area contributed by atoms with Gasteiger partial charge < -0.3 is 5.11 Å². The average molecular weight is 298 g/mol. The van der Waals surface area contributed by atoms with Crippen molar-refractivity contribution in [2.45, 2.75) is 11.8 Å². The van der Waals surface area contributed by atoms with Gasteiger partial charge in [-0.2, -0.15) is 5.10 Å². The topological polar surface area (TPSA) is 138 Å². The maximum absolute atomic E-state index is 12.1. The van der Waals surface area contributed by atoms with Crippen molar-refractivity contribution < 1.29 is 18.4 Å². The van der Waals surface area contributed by atoms with Gasteiger partial charge in [-0.05, 0) is 13.0 Å². The fraction of sp³-hybridized carbons (Fsp3) is 0.100. The van der Waals surface area contributed by atoms with Gasteiger partial charge in [0.15, 0.2) is 5.69 Å². The third kappa shape index (κ3) is 2.40. The van der Waals surface area contributed by atoms with Crippen LogP contribution in [0.5, 0.6) is 5.75 Å². The first-order valence-corrected chi connectivity index (χ1v) is 6.80. The minimum absolute atomic E-state index is 0.157. The monoisotopic (exact) mass is 298 g/mol. The maximum Gasteiger partial charge on any atom is 0.297 e. The van der Waals surface area contributed by atoms with Crippen LogP contribution in [0.25, 0.3) is 0 Å². The number of benzene rings is 1. The maximum atomic E-state index is 12.1. The lowest BCUT2D eigenvalue weighted by atomic mass is 10.2. The Morgan fingerprint density at radius 1 is 1.45 bits per heavy atom. The van der Waals surface area contributed by atoms with Crippen molar-refractivity contribution in [1.82, 2.24) is 10.2 Å². The molecule has 1 aromatic heterocycles. The van der Waals surface area contributed by atoms with Crippen LogP contribution < -0.4 is 4.72 Å². The standard InChI is InChI=1S/C10H10N4O5S/c1-6-9(5-11-12-6)20(18,19)13-10-7(14(16)17)3-2-4-8(10)15/h2-5,13,15H,1H3,(H,11,12). The second-order valence-electron chi connectivity index (χ2n) is 3.89. The third-order valence-corrected chi connectivity index (χ3v) is 3.99. The zero-order valence-electron chi connectivity index (χ0n) is 10.2. The Bertz CT molecular complexity index is 768. The van der Waals surface area contributed by atoms with Gasteiger partial charge in [0, 0.05) is 6.07 Å². The summed E-state index contributed by atoms with van der Waals surface area (Å²) in [7, 11) is -4.09. The summed E-state index contributed by atoms with van der Waals surface area (Å²) in [6.45, 7) is 1.49. The number of nitrogens with one attached hydrogen (secondary N) is 2. The number of aromatic hydroxyl groups is 1. The van der Waals surface area contributed by atoms with Gasteiger partial charge in [0.2, 0.25) is 0 Å². The van der Waals surface area contributed by atoms with Crippen LogP contribution in [-0.4, -0.2) is 28.6 Å². The normalized spacial score (nSPS) is 11.2. The molecular formula is C10H10N4O5S. The van der Waals surface area contributed by atoms with Gasteiger partial charge in [-0.1, -0.05) is 6.07 Å². The van der Waals surface area contributed by atoms with Gasteiger partial charge in [0.05, 0.1) is 16.8 Å². The highest BCUT2D eigenvalue weighted by Crippen LogP contribution is 2.34. The van der Waals surface area contributed by atoms with E-state index in [2.05, 4.69) is 10.2 Å². The highest BCUT2D eigenvalue weighted by atomic mass is 32.2. The first kappa shape index (κ1) is 13.8. The van der Waals surface area contributed by atoms with Gasteiger partial charge in [0.1, 0.15) is 10.6 Å². The first-order valence-electron chi connectivity index (χ1n) is 5.32. The highest BCUT2D eigenvalue weighted by Gasteiger charge is 2.25. The molecule has 0 radical (unpaired) electrons. The number of aryl methyl sites for hydroxylation is 1. The molecule has 0 saturated carbocycles. The Morgan fingerprint density at radius 3 is 2.70 bits per heavy atom. The number of nitro benzene ring substituents is 1. The van der Waals surface area contributed by atoms with Crippen molar-refractivity contribution in [3.63, 3.8) is 0 Å². The summed E-state index contributed by atoms with van der Waals surface area (Å²) in [5, 5.41) is 26.5. The second-order valence-corrected chi connectivity index (χ2v) is 5.54. The van der Waals surface area contributed by atoms with E-state index in [1.807, 2.05) is 4.72 Å². The Hall–Kier alpha value is -2.62. The molecule has 10 heteroatoms. The van der Waals surface area contributed by atoms with Crippen LogP contribution in [0.1, 0.15) is 5.69 Å². The number of para-hydroxylation sites is 1. The lowest BCUT2D eigenvalue weighted by molar-refractivity contribution is -0.383. The molecule has 9 nitrogen and oxygen atoms in total. The van der Waals surface area contributed by atoms with Crippen molar-refractivity contribution in [3.8, 4) is 5.75 Å². The van der Waals surface area contributed by atoms with Gasteiger partial charge in [-0.3, -0.25) is 19.9 Å². The third-order valence-electron chi connectivity index (χ3n) is 2.53. The number of nitrogens with zero attached hydrogens (tertiary/aromatic N) is 2. The molecule has 2 aromatic rings. The molecule has 1 heterocycles. The van der Waals surface area contributed by atoms with E-state index in [4.69, 9.17) is 0 Å². The van der Waals surface area contributed by atoms with E-state index < -0.39 is 32.1 Å². The summed E-state index contributed by atoms with van der Waals surface area (Å²) in [5.74, 6) is -0.538. The number of aromatic amines is 1. The number of hydrogen-bond acceptors (Lipinski definition) is 6. The Balaban J connectivity index is 2.50. The molecule has 20 heavy (non-hydrogen) atoms. The predicted molar refractivity (Wildman–Crippen MR) is 68.9 cm³/mol. The molecule has 0 unspecified atom stereocenters. The predicted octanol–water partition coefficient (Wildman–Crippen LogP) is 1.13. The zero-order valence-corrected chi connectivity index (χ0v) is 11.0. The molecule has 0 aliphatic carbocycles. The summed E-state index contributed by atoms with van der Waals surface area (Å²) in [5.41, 5.74) is -0.761. The molecule has 0 aliphatic heterocycles. The Morgan fingerprint density at radius 2 is 2.15 bits per heavy atom. The number of H-pyrrole nitrogens is 1. The number of anilines is 1. The molecule has 0 fully saturated rings. The number of phenolic OH excluding ortho intramolecular Hbond substituents is 1. The lowest BCUT2D eigenvalue weighted by Crippen LogP contribution is -2.14. The van der Waals surface area contributed by atoms with E-state index in [1.54, 1.807) is 0 Å². The summed E-state index contributed by atoms with van der Waals surface area (Å²) in [4.78, 5) is 9.91. The molecular weight excluding hydrogens is 288 g/mol. The average Bonchev–Trinajstić information content (AvgIpc) is 2.78. The molecule has 3 N–H and O–H groups in total. The minimum Gasteiger partial charge on any atom is -0.505 e. The van der Waals surface area contributed by atoms with E-state index in [0.717, 1.165) is 18.3 Å². The largest absolute Gasteiger partial charge is 0.505 e. The Kier molecular flexibility index (Phi) is 3.32. The number of sulfonamides is 1. The molecule has 0 atom stereocenters. The number of phenols is 1. The van der Waals surface area contributed by atoms with E-state index >= 15 is 0 Å². The van der Waals surface area contributed by atoms with Crippen LogP contribution in [0.3, 0.4) is 0 Å². The molecule has 0 aliphatic rings. The highest BCUT2D eigenvalue weighted by molar-refractivity contribution is 7.92. The van der Waals surface area contributed by atoms with Crippen molar-refractivity contribution >= 4 is 21.4 Å². The van der Waals surface area contributed by atoms with E-state index in [9.17, 15) is 23.6 Å². The molecule has 0 amide bonds. The van der Waals surface area contributed by atoms with Gasteiger partial charge in [0.25, 0.3) is 15.7 Å². The van der Waals surface area contributed by atoms with Crippen molar-refractivity contribution in [1.29, 1.82) is 0 Å². The number of aromatic nitrogens is 2. The fourth-order valence-electron chi connectivity index (χ4n) is 1.58. The summed E-state index contributed by atoms with van der Waals surface area (Å²) < 4.78 is 26.2. The lowest BCUT2D eigenvalue weighted by Gasteiger charge is -2.09. The fourth-order valence-corrected chi connectivity index (χ4v) is 2.81. The number of hydrogen-bond donors (Lipinski definition) is 3. The van der Waals surface area contributed by atoms with Crippen LogP contribution in [0.4, 0.5) is 11.4 Å². The van der Waals surface area contributed by atoms with Crippen LogP contribution >= 0.6 is 0 Å². The first-order chi connectivity index (χ1) is 9.33. The van der Waals surface area contributed by atoms with Crippen LogP contribution in [0.2, 0.25) is 0 Å². The van der Waals surface area contributed by atoms with Crippen LogP contribution in [-0.2, 0) is 10.0 Å². The van der Waals surface area contributed by atoms with Crippen molar-refractivity contribution in [3.05, 3.63) is 40.2 Å². The number of rotatable bonds is 4. The molecule has 0 bridgehead atoms.